The smallest absolute Gasteiger partial charge is 0.307 e. The first kappa shape index (κ1) is 10.3. The van der Waals surface area contributed by atoms with E-state index in [0.29, 0.717) is 6.54 Å². The Morgan fingerprint density at radius 2 is 2.15 bits per heavy atom. The van der Waals surface area contributed by atoms with Gasteiger partial charge in [-0.3, -0.25) is 9.69 Å². The van der Waals surface area contributed by atoms with Gasteiger partial charge in [-0.1, -0.05) is 18.5 Å². The normalized spacial score (nSPS) is 24.1. The van der Waals surface area contributed by atoms with Crippen molar-refractivity contribution in [3.63, 3.8) is 0 Å². The first-order chi connectivity index (χ1) is 6.07. The maximum atomic E-state index is 11.5. The Kier molecular flexibility index (Phi) is 3.14. The molecule has 0 N–H and O–H groups in total. The second-order valence-electron chi connectivity index (χ2n) is 3.07. The first-order valence-electron chi connectivity index (χ1n) is 4.29. The van der Waals surface area contributed by atoms with Gasteiger partial charge in [0, 0.05) is 13.6 Å². The largest absolute Gasteiger partial charge is 0.327 e. The molecule has 1 unspecified atom stereocenters. The van der Waals surface area contributed by atoms with E-state index < -0.39 is 5.50 Å². The zero-order valence-electron chi connectivity index (χ0n) is 7.79. The SMILES string of the molecule is CCCN1C(=O)N(C)C(=O)CC1Cl. The molecule has 1 aliphatic heterocycles. The minimum atomic E-state index is -0.476. The molecule has 0 aromatic rings. The highest BCUT2D eigenvalue weighted by Crippen LogP contribution is 2.19. The van der Waals surface area contributed by atoms with Crippen molar-refractivity contribution >= 4 is 23.5 Å². The summed E-state index contributed by atoms with van der Waals surface area (Å²) in [5, 5.41) is 0. The second kappa shape index (κ2) is 3.96. The van der Waals surface area contributed by atoms with Crippen molar-refractivity contribution in [3.8, 4) is 0 Å². The molecule has 3 amide bonds. The summed E-state index contributed by atoms with van der Waals surface area (Å²) >= 11 is 5.87. The molecule has 1 saturated heterocycles. The Bertz CT molecular complexity index is 232. The highest BCUT2D eigenvalue weighted by Gasteiger charge is 2.34. The third kappa shape index (κ3) is 1.94. The van der Waals surface area contributed by atoms with Crippen molar-refractivity contribution in [3.05, 3.63) is 0 Å². The minimum Gasteiger partial charge on any atom is -0.307 e. The third-order valence-electron chi connectivity index (χ3n) is 2.05. The van der Waals surface area contributed by atoms with Crippen molar-refractivity contribution < 1.29 is 9.59 Å². The van der Waals surface area contributed by atoms with Gasteiger partial charge in [-0.15, -0.1) is 0 Å². The number of hydrogen-bond acceptors (Lipinski definition) is 2. The third-order valence-corrected chi connectivity index (χ3v) is 2.44. The van der Waals surface area contributed by atoms with E-state index in [0.717, 1.165) is 11.3 Å². The van der Waals surface area contributed by atoms with Crippen molar-refractivity contribution in [2.24, 2.45) is 0 Å². The van der Waals surface area contributed by atoms with Crippen LogP contribution in [0.15, 0.2) is 0 Å². The maximum absolute atomic E-state index is 11.5. The van der Waals surface area contributed by atoms with E-state index in [9.17, 15) is 9.59 Å². The number of urea groups is 1. The van der Waals surface area contributed by atoms with Crippen LogP contribution in [-0.2, 0) is 4.79 Å². The highest BCUT2D eigenvalue weighted by atomic mass is 35.5. The van der Waals surface area contributed by atoms with Crippen LogP contribution in [-0.4, -0.2) is 40.8 Å². The number of carbonyl (C=O) groups is 2. The summed E-state index contributed by atoms with van der Waals surface area (Å²) in [6.07, 6.45) is 1.06. The van der Waals surface area contributed by atoms with E-state index in [2.05, 4.69) is 0 Å². The molecule has 1 fully saturated rings. The van der Waals surface area contributed by atoms with Crippen LogP contribution in [0, 0.1) is 0 Å². The van der Waals surface area contributed by atoms with Gasteiger partial charge in [-0.2, -0.15) is 0 Å². The number of halogens is 1. The van der Waals surface area contributed by atoms with Crippen LogP contribution in [0.1, 0.15) is 19.8 Å². The number of amides is 3. The number of carbonyl (C=O) groups excluding carboxylic acids is 2. The van der Waals surface area contributed by atoms with Gasteiger partial charge in [0.25, 0.3) is 0 Å². The van der Waals surface area contributed by atoms with E-state index in [1.165, 1.54) is 11.9 Å². The van der Waals surface area contributed by atoms with E-state index in [1.807, 2.05) is 6.92 Å². The van der Waals surface area contributed by atoms with Gasteiger partial charge in [0.2, 0.25) is 5.91 Å². The van der Waals surface area contributed by atoms with Crippen molar-refractivity contribution in [1.29, 1.82) is 0 Å². The summed E-state index contributed by atoms with van der Waals surface area (Å²) in [6.45, 7) is 2.57. The van der Waals surface area contributed by atoms with E-state index >= 15 is 0 Å². The molecule has 0 aliphatic carbocycles. The molecule has 1 atom stereocenters. The molecule has 1 rings (SSSR count). The summed E-state index contributed by atoms with van der Waals surface area (Å²) in [7, 11) is 1.48. The van der Waals surface area contributed by atoms with Gasteiger partial charge < -0.3 is 4.90 Å². The lowest BCUT2D eigenvalue weighted by Crippen LogP contribution is -2.53. The Balaban J connectivity index is 2.73. The Morgan fingerprint density at radius 3 is 2.69 bits per heavy atom. The van der Waals surface area contributed by atoms with Crippen LogP contribution in [0.2, 0.25) is 0 Å². The molecule has 0 aromatic heterocycles. The quantitative estimate of drug-likeness (QED) is 0.502. The standard InChI is InChI=1S/C8H13ClN2O2/c1-3-4-11-6(9)5-7(12)10(2)8(11)13/h6H,3-5H2,1-2H3. The lowest BCUT2D eigenvalue weighted by Gasteiger charge is -2.35. The molecule has 5 heteroatoms. The van der Waals surface area contributed by atoms with Gasteiger partial charge >= 0.3 is 6.03 Å². The zero-order chi connectivity index (χ0) is 10.0. The summed E-state index contributed by atoms with van der Waals surface area (Å²) < 4.78 is 0. The molecule has 74 valence electrons. The van der Waals surface area contributed by atoms with Crippen LogP contribution in [0.3, 0.4) is 0 Å². The number of rotatable bonds is 2. The van der Waals surface area contributed by atoms with Crippen molar-refractivity contribution in [1.82, 2.24) is 9.80 Å². The molecule has 0 spiro atoms. The number of hydrogen-bond donors (Lipinski definition) is 0. The van der Waals surface area contributed by atoms with Gasteiger partial charge in [-0.25, -0.2) is 4.79 Å². The predicted molar refractivity (Wildman–Crippen MR) is 49.4 cm³/mol. The summed E-state index contributed by atoms with van der Waals surface area (Å²) in [4.78, 5) is 25.3. The molecule has 0 radical (unpaired) electrons. The summed E-state index contributed by atoms with van der Waals surface area (Å²) in [5.74, 6) is -0.211. The minimum absolute atomic E-state index is 0.211. The van der Waals surface area contributed by atoms with Crippen LogP contribution in [0.25, 0.3) is 0 Å². The predicted octanol–water partition coefficient (Wildman–Crippen LogP) is 1.25. The van der Waals surface area contributed by atoms with Crippen LogP contribution >= 0.6 is 11.6 Å². The number of alkyl halides is 1. The van der Waals surface area contributed by atoms with Gasteiger partial charge in [-0.05, 0) is 6.42 Å². The van der Waals surface area contributed by atoms with E-state index in [4.69, 9.17) is 11.6 Å². The van der Waals surface area contributed by atoms with Gasteiger partial charge in [0.05, 0.1) is 6.42 Å². The molecule has 0 aromatic carbocycles. The van der Waals surface area contributed by atoms with E-state index in [-0.39, 0.29) is 18.4 Å². The first-order valence-corrected chi connectivity index (χ1v) is 4.72. The molecular formula is C8H13ClN2O2. The molecule has 1 aliphatic rings. The van der Waals surface area contributed by atoms with Crippen LogP contribution in [0.5, 0.6) is 0 Å². The van der Waals surface area contributed by atoms with Crippen LogP contribution in [0.4, 0.5) is 4.79 Å². The molecule has 1 heterocycles. The van der Waals surface area contributed by atoms with Gasteiger partial charge in [0.1, 0.15) is 5.50 Å². The molecule has 13 heavy (non-hydrogen) atoms. The Hall–Kier alpha value is -0.770. The van der Waals surface area contributed by atoms with Crippen molar-refractivity contribution in [2.45, 2.75) is 25.3 Å². The van der Waals surface area contributed by atoms with Crippen LogP contribution < -0.4 is 0 Å². The molecular weight excluding hydrogens is 192 g/mol. The van der Waals surface area contributed by atoms with E-state index in [1.54, 1.807) is 0 Å². The molecule has 4 nitrogen and oxygen atoms in total. The van der Waals surface area contributed by atoms with Crippen molar-refractivity contribution in [2.75, 3.05) is 13.6 Å². The molecule has 0 bridgehead atoms. The lowest BCUT2D eigenvalue weighted by atomic mass is 10.2. The summed E-state index contributed by atoms with van der Waals surface area (Å²) in [5.41, 5.74) is -0.476. The fourth-order valence-electron chi connectivity index (χ4n) is 1.29. The van der Waals surface area contributed by atoms with Gasteiger partial charge in [0.15, 0.2) is 0 Å². The Morgan fingerprint density at radius 1 is 1.54 bits per heavy atom. The monoisotopic (exact) mass is 204 g/mol. The lowest BCUT2D eigenvalue weighted by molar-refractivity contribution is -0.130. The highest BCUT2D eigenvalue weighted by molar-refractivity contribution is 6.23. The maximum Gasteiger partial charge on any atom is 0.327 e. The molecule has 0 saturated carbocycles. The second-order valence-corrected chi connectivity index (χ2v) is 3.57. The fraction of sp³-hybridized carbons (Fsp3) is 0.750. The fourth-order valence-corrected chi connectivity index (χ4v) is 1.60. The average molecular weight is 205 g/mol. The summed E-state index contributed by atoms with van der Waals surface area (Å²) in [6, 6.07) is -0.293. The Labute approximate surface area is 82.4 Å². The average Bonchev–Trinajstić information content (AvgIpc) is 2.09. The number of nitrogens with zero attached hydrogens (tertiary/aromatic N) is 2. The zero-order valence-corrected chi connectivity index (χ0v) is 8.54. The number of imide groups is 1. The topological polar surface area (TPSA) is 40.6 Å².